The maximum atomic E-state index is 4.43. The molecule has 2 rings (SSSR count). The summed E-state index contributed by atoms with van der Waals surface area (Å²) in [5.41, 5.74) is 1.36. The van der Waals surface area contributed by atoms with Gasteiger partial charge >= 0.3 is 0 Å². The van der Waals surface area contributed by atoms with Crippen molar-refractivity contribution in [2.75, 3.05) is 13.1 Å². The highest BCUT2D eigenvalue weighted by atomic mass is 79.9. The standard InChI is InChI=1S/C11H18BrN3/c1-8(2)15-11(12)10(7-14-15)9-4-3-5-13-6-9/h7-9,13H,3-6H2,1-2H3. The van der Waals surface area contributed by atoms with E-state index in [0.717, 1.165) is 17.7 Å². The van der Waals surface area contributed by atoms with E-state index in [4.69, 9.17) is 0 Å². The van der Waals surface area contributed by atoms with Crippen molar-refractivity contribution in [2.24, 2.45) is 0 Å². The number of rotatable bonds is 2. The van der Waals surface area contributed by atoms with Gasteiger partial charge in [0.1, 0.15) is 4.60 Å². The third kappa shape index (κ3) is 2.26. The van der Waals surface area contributed by atoms with Gasteiger partial charge in [-0.2, -0.15) is 5.10 Å². The summed E-state index contributed by atoms with van der Waals surface area (Å²) in [5, 5.41) is 7.87. The maximum Gasteiger partial charge on any atom is 0.107 e. The lowest BCUT2D eigenvalue weighted by Crippen LogP contribution is -2.28. The van der Waals surface area contributed by atoms with Crippen molar-refractivity contribution in [2.45, 2.75) is 38.6 Å². The molecule has 1 fully saturated rings. The molecular formula is C11H18BrN3. The minimum atomic E-state index is 0.421. The summed E-state index contributed by atoms with van der Waals surface area (Å²) in [6.07, 6.45) is 4.56. The smallest absolute Gasteiger partial charge is 0.107 e. The second-order valence-electron chi connectivity index (χ2n) is 4.47. The van der Waals surface area contributed by atoms with E-state index in [-0.39, 0.29) is 0 Å². The Kier molecular flexibility index (Phi) is 3.46. The van der Waals surface area contributed by atoms with E-state index in [1.54, 1.807) is 0 Å². The van der Waals surface area contributed by atoms with E-state index >= 15 is 0 Å². The van der Waals surface area contributed by atoms with Crippen LogP contribution in [-0.2, 0) is 0 Å². The number of nitrogens with zero attached hydrogens (tertiary/aromatic N) is 2. The van der Waals surface area contributed by atoms with Gasteiger partial charge in [-0.1, -0.05) is 0 Å². The highest BCUT2D eigenvalue weighted by molar-refractivity contribution is 9.10. The molecule has 15 heavy (non-hydrogen) atoms. The maximum absolute atomic E-state index is 4.43. The molecule has 0 spiro atoms. The summed E-state index contributed by atoms with van der Waals surface area (Å²) in [6, 6.07) is 0.421. The van der Waals surface area contributed by atoms with Gasteiger partial charge in [-0.3, -0.25) is 4.68 Å². The molecule has 1 atom stereocenters. The molecule has 1 N–H and O–H groups in total. The van der Waals surface area contributed by atoms with Gasteiger partial charge in [0.2, 0.25) is 0 Å². The number of piperidine rings is 1. The molecule has 4 heteroatoms. The molecule has 2 heterocycles. The number of nitrogens with one attached hydrogen (secondary N) is 1. The van der Waals surface area contributed by atoms with Crippen LogP contribution in [0.15, 0.2) is 10.8 Å². The van der Waals surface area contributed by atoms with E-state index in [1.807, 2.05) is 10.9 Å². The highest BCUT2D eigenvalue weighted by Crippen LogP contribution is 2.30. The Balaban J connectivity index is 2.20. The molecule has 0 radical (unpaired) electrons. The van der Waals surface area contributed by atoms with Gasteiger partial charge in [-0.05, 0) is 49.2 Å². The number of halogens is 1. The van der Waals surface area contributed by atoms with Crippen molar-refractivity contribution in [3.63, 3.8) is 0 Å². The molecule has 1 unspecified atom stereocenters. The first-order valence-electron chi connectivity index (χ1n) is 5.63. The average molecular weight is 272 g/mol. The second kappa shape index (κ2) is 4.66. The molecule has 1 aromatic rings. The first-order chi connectivity index (χ1) is 7.20. The Morgan fingerprint density at radius 1 is 1.60 bits per heavy atom. The number of aromatic nitrogens is 2. The van der Waals surface area contributed by atoms with Gasteiger partial charge in [-0.15, -0.1) is 0 Å². The summed E-state index contributed by atoms with van der Waals surface area (Å²) in [5.74, 6) is 0.626. The van der Waals surface area contributed by atoms with Gasteiger partial charge in [0.15, 0.2) is 0 Å². The van der Waals surface area contributed by atoms with Crippen LogP contribution in [0, 0.1) is 0 Å². The van der Waals surface area contributed by atoms with Crippen molar-refractivity contribution in [3.8, 4) is 0 Å². The summed E-state index contributed by atoms with van der Waals surface area (Å²) in [4.78, 5) is 0. The zero-order valence-electron chi connectivity index (χ0n) is 9.33. The first kappa shape index (κ1) is 11.1. The number of hydrogen-bond donors (Lipinski definition) is 1. The van der Waals surface area contributed by atoms with Gasteiger partial charge in [0, 0.05) is 24.1 Å². The van der Waals surface area contributed by atoms with Crippen molar-refractivity contribution in [3.05, 3.63) is 16.4 Å². The summed E-state index contributed by atoms with van der Waals surface area (Å²) in [6.45, 7) is 6.55. The lowest BCUT2D eigenvalue weighted by molar-refractivity contribution is 0.458. The molecule has 1 aliphatic heterocycles. The van der Waals surface area contributed by atoms with E-state index in [2.05, 4.69) is 40.2 Å². The molecule has 0 saturated carbocycles. The molecule has 0 amide bonds. The zero-order valence-corrected chi connectivity index (χ0v) is 10.9. The fourth-order valence-electron chi connectivity index (χ4n) is 2.11. The quantitative estimate of drug-likeness (QED) is 0.897. The Bertz CT molecular complexity index is 327. The van der Waals surface area contributed by atoms with Gasteiger partial charge in [0.05, 0.1) is 6.20 Å². The minimum Gasteiger partial charge on any atom is -0.316 e. The molecule has 0 aliphatic carbocycles. The normalized spacial score (nSPS) is 22.3. The minimum absolute atomic E-state index is 0.421. The highest BCUT2D eigenvalue weighted by Gasteiger charge is 2.21. The summed E-state index contributed by atoms with van der Waals surface area (Å²) < 4.78 is 3.20. The Labute approximate surface area is 99.4 Å². The molecule has 0 aromatic carbocycles. The van der Waals surface area contributed by atoms with Crippen molar-refractivity contribution >= 4 is 15.9 Å². The van der Waals surface area contributed by atoms with Crippen LogP contribution in [0.1, 0.15) is 44.2 Å². The lowest BCUT2D eigenvalue weighted by Gasteiger charge is -2.22. The van der Waals surface area contributed by atoms with Crippen LogP contribution in [-0.4, -0.2) is 22.9 Å². The summed E-state index contributed by atoms with van der Waals surface area (Å²) in [7, 11) is 0. The molecule has 1 saturated heterocycles. The van der Waals surface area contributed by atoms with Crippen LogP contribution in [0.3, 0.4) is 0 Å². The van der Waals surface area contributed by atoms with Gasteiger partial charge < -0.3 is 5.32 Å². The largest absolute Gasteiger partial charge is 0.316 e. The lowest BCUT2D eigenvalue weighted by atomic mass is 9.94. The SMILES string of the molecule is CC(C)n1ncc(C2CCCNC2)c1Br. The topological polar surface area (TPSA) is 29.9 Å². The zero-order chi connectivity index (χ0) is 10.8. The Hall–Kier alpha value is -0.350. The molecule has 3 nitrogen and oxygen atoms in total. The molecule has 84 valence electrons. The molecule has 1 aliphatic rings. The third-order valence-electron chi connectivity index (χ3n) is 2.99. The fourth-order valence-corrected chi connectivity index (χ4v) is 3.04. The van der Waals surface area contributed by atoms with Crippen molar-refractivity contribution < 1.29 is 0 Å². The molecular weight excluding hydrogens is 254 g/mol. The monoisotopic (exact) mass is 271 g/mol. The van der Waals surface area contributed by atoms with Gasteiger partial charge in [-0.25, -0.2) is 0 Å². The van der Waals surface area contributed by atoms with E-state index in [9.17, 15) is 0 Å². The van der Waals surface area contributed by atoms with Crippen LogP contribution < -0.4 is 5.32 Å². The van der Waals surface area contributed by atoms with Crippen molar-refractivity contribution in [1.29, 1.82) is 0 Å². The van der Waals surface area contributed by atoms with Crippen LogP contribution in [0.2, 0.25) is 0 Å². The Morgan fingerprint density at radius 2 is 2.40 bits per heavy atom. The summed E-state index contributed by atoms with van der Waals surface area (Å²) >= 11 is 3.66. The van der Waals surface area contributed by atoms with E-state index in [0.29, 0.717) is 12.0 Å². The van der Waals surface area contributed by atoms with E-state index < -0.39 is 0 Å². The Morgan fingerprint density at radius 3 is 2.93 bits per heavy atom. The van der Waals surface area contributed by atoms with Crippen LogP contribution in [0.4, 0.5) is 0 Å². The van der Waals surface area contributed by atoms with Crippen LogP contribution >= 0.6 is 15.9 Å². The van der Waals surface area contributed by atoms with Gasteiger partial charge in [0.25, 0.3) is 0 Å². The van der Waals surface area contributed by atoms with E-state index in [1.165, 1.54) is 18.4 Å². The predicted molar refractivity (Wildman–Crippen MR) is 65.2 cm³/mol. The molecule has 1 aromatic heterocycles. The predicted octanol–water partition coefficient (Wildman–Crippen LogP) is 2.69. The first-order valence-corrected chi connectivity index (χ1v) is 6.43. The fraction of sp³-hybridized carbons (Fsp3) is 0.727. The van der Waals surface area contributed by atoms with Crippen LogP contribution in [0.25, 0.3) is 0 Å². The number of hydrogen-bond acceptors (Lipinski definition) is 2. The third-order valence-corrected chi connectivity index (χ3v) is 3.81. The van der Waals surface area contributed by atoms with Crippen LogP contribution in [0.5, 0.6) is 0 Å². The van der Waals surface area contributed by atoms with Crippen molar-refractivity contribution in [1.82, 2.24) is 15.1 Å². The average Bonchev–Trinajstić information content (AvgIpc) is 2.61. The molecule has 0 bridgehead atoms. The second-order valence-corrected chi connectivity index (χ2v) is 5.22.